The number of amides is 1. The normalized spacial score (nSPS) is 16.2. The summed E-state index contributed by atoms with van der Waals surface area (Å²) in [7, 11) is 3.94. The molecule has 3 aromatic rings. The number of hydrogen-bond acceptors (Lipinski definition) is 6. The Morgan fingerprint density at radius 1 is 1.29 bits per heavy atom. The van der Waals surface area contributed by atoms with E-state index >= 15 is 0 Å². The third kappa shape index (κ3) is 3.89. The molecular formula is C20H22ClN3O2S2. The minimum atomic E-state index is -0.149. The Hall–Kier alpha value is -1.67. The van der Waals surface area contributed by atoms with Crippen molar-refractivity contribution in [1.82, 2.24) is 10.3 Å². The second-order valence-corrected chi connectivity index (χ2v) is 9.73. The molecule has 1 aliphatic rings. The Morgan fingerprint density at radius 2 is 2.07 bits per heavy atom. The van der Waals surface area contributed by atoms with Gasteiger partial charge in [-0.1, -0.05) is 35.1 Å². The Bertz CT molecular complexity index is 961. The summed E-state index contributed by atoms with van der Waals surface area (Å²) in [6.45, 7) is 1.94. The van der Waals surface area contributed by atoms with Crippen LogP contribution in [-0.2, 0) is 10.2 Å². The zero-order valence-electron chi connectivity index (χ0n) is 15.8. The van der Waals surface area contributed by atoms with Gasteiger partial charge >= 0.3 is 0 Å². The van der Waals surface area contributed by atoms with Gasteiger partial charge in [0.15, 0.2) is 5.13 Å². The van der Waals surface area contributed by atoms with Crippen molar-refractivity contribution in [2.75, 3.05) is 38.8 Å². The van der Waals surface area contributed by atoms with Gasteiger partial charge in [-0.2, -0.15) is 0 Å². The minimum absolute atomic E-state index is 0.0468. The highest BCUT2D eigenvalue weighted by atomic mass is 35.5. The molecule has 0 spiro atoms. The Morgan fingerprint density at radius 3 is 2.75 bits per heavy atom. The predicted molar refractivity (Wildman–Crippen MR) is 117 cm³/mol. The molecule has 28 heavy (non-hydrogen) atoms. The van der Waals surface area contributed by atoms with Gasteiger partial charge in [0.1, 0.15) is 4.83 Å². The van der Waals surface area contributed by atoms with E-state index < -0.39 is 0 Å². The van der Waals surface area contributed by atoms with E-state index in [1.165, 1.54) is 11.3 Å². The maximum absolute atomic E-state index is 12.8. The number of thiazole rings is 1. The van der Waals surface area contributed by atoms with Crippen LogP contribution in [-0.4, -0.2) is 44.7 Å². The summed E-state index contributed by atoms with van der Waals surface area (Å²) < 4.78 is 6.62. The molecule has 1 saturated heterocycles. The van der Waals surface area contributed by atoms with Crippen molar-refractivity contribution in [1.29, 1.82) is 0 Å². The molecule has 0 unspecified atom stereocenters. The van der Waals surface area contributed by atoms with E-state index in [1.807, 2.05) is 43.3 Å². The number of carbonyl (C=O) groups excluding carboxylic acids is 1. The summed E-state index contributed by atoms with van der Waals surface area (Å²) in [4.78, 5) is 21.0. The highest BCUT2D eigenvalue weighted by Gasteiger charge is 2.35. The Balaban J connectivity index is 1.52. The van der Waals surface area contributed by atoms with Gasteiger partial charge in [0, 0.05) is 44.3 Å². The van der Waals surface area contributed by atoms with Gasteiger partial charge in [-0.15, -0.1) is 11.3 Å². The number of carbonyl (C=O) groups is 1. The molecule has 148 valence electrons. The number of hydrogen-bond donors (Lipinski definition) is 1. The van der Waals surface area contributed by atoms with Crippen LogP contribution in [0.4, 0.5) is 5.13 Å². The number of anilines is 1. The number of nitrogens with one attached hydrogen (secondary N) is 1. The molecular weight excluding hydrogens is 414 g/mol. The van der Waals surface area contributed by atoms with Crippen LogP contribution in [0.25, 0.3) is 9.53 Å². The summed E-state index contributed by atoms with van der Waals surface area (Å²) >= 11 is 9.27. The van der Waals surface area contributed by atoms with Crippen LogP contribution >= 0.6 is 34.3 Å². The average Bonchev–Trinajstić information content (AvgIpc) is 3.26. The maximum Gasteiger partial charge on any atom is 0.261 e. The van der Waals surface area contributed by atoms with E-state index in [1.54, 1.807) is 11.3 Å². The molecule has 0 bridgehead atoms. The van der Waals surface area contributed by atoms with Gasteiger partial charge in [0.2, 0.25) is 0 Å². The van der Waals surface area contributed by atoms with E-state index in [9.17, 15) is 4.79 Å². The van der Waals surface area contributed by atoms with Crippen molar-refractivity contribution in [2.24, 2.45) is 0 Å². The molecule has 8 heteroatoms. The van der Waals surface area contributed by atoms with E-state index in [4.69, 9.17) is 16.3 Å². The van der Waals surface area contributed by atoms with Crippen LogP contribution in [0, 0.1) is 0 Å². The third-order valence-electron chi connectivity index (χ3n) is 5.16. The van der Waals surface area contributed by atoms with Crippen LogP contribution in [0.5, 0.6) is 0 Å². The zero-order chi connectivity index (χ0) is 19.7. The molecule has 0 saturated carbocycles. The van der Waals surface area contributed by atoms with E-state index in [2.05, 4.69) is 16.4 Å². The van der Waals surface area contributed by atoms with Gasteiger partial charge < -0.3 is 15.0 Å². The zero-order valence-corrected chi connectivity index (χ0v) is 18.2. The minimum Gasteiger partial charge on any atom is -0.381 e. The topological polar surface area (TPSA) is 54.5 Å². The van der Waals surface area contributed by atoms with Crippen molar-refractivity contribution in [3.8, 4) is 0 Å². The molecule has 3 heterocycles. The molecule has 1 aliphatic heterocycles. The fraction of sp³-hybridized carbons (Fsp3) is 0.400. The number of rotatable bonds is 5. The summed E-state index contributed by atoms with van der Waals surface area (Å²) in [5.41, 5.74) is 1.01. The molecule has 1 amide bonds. The quantitative estimate of drug-likeness (QED) is 0.638. The number of aromatic nitrogens is 1. The molecule has 1 aromatic carbocycles. The smallest absolute Gasteiger partial charge is 0.261 e. The van der Waals surface area contributed by atoms with Crippen LogP contribution in [0.15, 0.2) is 30.3 Å². The molecule has 0 aliphatic carbocycles. The number of nitrogens with zero attached hydrogens (tertiary/aromatic N) is 2. The fourth-order valence-corrected chi connectivity index (χ4v) is 5.75. The standard InChI is InChI=1S/C20H22ClN3O2S2/c1-24(2)19-23-18-16(28-19)11-15(27-18)17(25)22-12-20(6-8-26-9-7-20)13-4-3-5-14(21)10-13/h3-5,10-11H,6-9,12H2,1-2H3,(H,22,25). The molecule has 4 rings (SSSR count). The molecule has 0 atom stereocenters. The average molecular weight is 436 g/mol. The highest BCUT2D eigenvalue weighted by molar-refractivity contribution is 7.29. The number of ether oxygens (including phenoxy) is 1. The SMILES string of the molecule is CN(C)c1nc2sc(C(=O)NCC3(c4cccc(Cl)c4)CCOCC3)cc2s1. The highest BCUT2D eigenvalue weighted by Crippen LogP contribution is 2.36. The van der Waals surface area contributed by atoms with Crippen LogP contribution in [0.3, 0.4) is 0 Å². The lowest BCUT2D eigenvalue weighted by atomic mass is 9.74. The number of halogens is 1. The fourth-order valence-electron chi connectivity index (χ4n) is 3.51. The Labute approximate surface area is 177 Å². The van der Waals surface area contributed by atoms with Crippen molar-refractivity contribution in [3.05, 3.63) is 45.8 Å². The van der Waals surface area contributed by atoms with Gasteiger partial charge in [-0.3, -0.25) is 4.79 Å². The number of benzene rings is 1. The first-order chi connectivity index (χ1) is 13.5. The van der Waals surface area contributed by atoms with Gasteiger partial charge in [0.25, 0.3) is 5.91 Å². The van der Waals surface area contributed by atoms with Crippen LogP contribution in [0.1, 0.15) is 28.1 Å². The Kier molecular flexibility index (Phi) is 5.60. The van der Waals surface area contributed by atoms with Gasteiger partial charge in [0.05, 0.1) is 9.58 Å². The largest absolute Gasteiger partial charge is 0.381 e. The first kappa shape index (κ1) is 19.6. The van der Waals surface area contributed by atoms with E-state index in [0.29, 0.717) is 24.6 Å². The first-order valence-electron chi connectivity index (χ1n) is 9.17. The molecule has 1 N–H and O–H groups in total. The van der Waals surface area contributed by atoms with E-state index in [-0.39, 0.29) is 11.3 Å². The van der Waals surface area contributed by atoms with Crippen molar-refractivity contribution in [2.45, 2.75) is 18.3 Å². The lowest BCUT2D eigenvalue weighted by molar-refractivity contribution is 0.0487. The second kappa shape index (κ2) is 7.99. The maximum atomic E-state index is 12.8. The van der Waals surface area contributed by atoms with Crippen molar-refractivity contribution < 1.29 is 9.53 Å². The predicted octanol–water partition coefficient (Wildman–Crippen LogP) is 4.56. The monoisotopic (exact) mass is 435 g/mol. The lowest BCUT2D eigenvalue weighted by Crippen LogP contribution is -2.44. The summed E-state index contributed by atoms with van der Waals surface area (Å²) in [6.07, 6.45) is 1.72. The molecule has 1 fully saturated rings. The van der Waals surface area contributed by atoms with Crippen molar-refractivity contribution >= 4 is 54.8 Å². The van der Waals surface area contributed by atoms with Gasteiger partial charge in [-0.25, -0.2) is 4.98 Å². The van der Waals surface area contributed by atoms with Gasteiger partial charge in [-0.05, 0) is 36.6 Å². The van der Waals surface area contributed by atoms with Crippen LogP contribution < -0.4 is 10.2 Å². The second-order valence-electron chi connectivity index (χ2n) is 7.26. The molecule has 2 aromatic heterocycles. The van der Waals surface area contributed by atoms with Crippen molar-refractivity contribution in [3.63, 3.8) is 0 Å². The number of fused-ring (bicyclic) bond motifs is 1. The molecule has 5 nitrogen and oxygen atoms in total. The third-order valence-corrected chi connectivity index (χ3v) is 7.72. The summed E-state index contributed by atoms with van der Waals surface area (Å²) in [6, 6.07) is 9.89. The summed E-state index contributed by atoms with van der Waals surface area (Å²) in [5.74, 6) is -0.0468. The first-order valence-corrected chi connectivity index (χ1v) is 11.2. The lowest BCUT2D eigenvalue weighted by Gasteiger charge is -2.38. The number of thiophene rings is 1. The van der Waals surface area contributed by atoms with E-state index in [0.717, 1.165) is 38.1 Å². The summed E-state index contributed by atoms with van der Waals surface area (Å²) in [5, 5.41) is 4.83. The molecule has 0 radical (unpaired) electrons. The van der Waals surface area contributed by atoms with Crippen LogP contribution in [0.2, 0.25) is 5.02 Å².